The minimum atomic E-state index is -0.315. The minimum absolute atomic E-state index is 0.00320. The van der Waals surface area contributed by atoms with E-state index in [0.29, 0.717) is 28.0 Å². The first kappa shape index (κ1) is 17.7. The molecule has 0 spiro atoms. The van der Waals surface area contributed by atoms with Crippen LogP contribution < -0.4 is 0 Å². The first-order valence-electron chi connectivity index (χ1n) is 8.43. The van der Waals surface area contributed by atoms with Gasteiger partial charge in [-0.05, 0) is 56.0 Å². The molecular formula is C19H21ClFN3O. The van der Waals surface area contributed by atoms with Crippen molar-refractivity contribution < 1.29 is 9.18 Å². The van der Waals surface area contributed by atoms with Crippen molar-refractivity contribution in [1.82, 2.24) is 14.7 Å². The van der Waals surface area contributed by atoms with E-state index < -0.39 is 0 Å². The van der Waals surface area contributed by atoms with Crippen molar-refractivity contribution in [3.8, 4) is 5.69 Å². The van der Waals surface area contributed by atoms with Crippen molar-refractivity contribution in [2.45, 2.75) is 26.7 Å². The van der Waals surface area contributed by atoms with Gasteiger partial charge in [-0.2, -0.15) is 5.10 Å². The lowest BCUT2D eigenvalue weighted by Crippen LogP contribution is -2.38. The lowest BCUT2D eigenvalue weighted by Gasteiger charge is -2.30. The Kier molecular flexibility index (Phi) is 5.23. The Morgan fingerprint density at radius 1 is 1.36 bits per heavy atom. The first-order valence-corrected chi connectivity index (χ1v) is 8.81. The van der Waals surface area contributed by atoms with Crippen molar-refractivity contribution in [1.29, 1.82) is 0 Å². The van der Waals surface area contributed by atoms with E-state index in [-0.39, 0.29) is 11.7 Å². The summed E-state index contributed by atoms with van der Waals surface area (Å²) in [6, 6.07) is 5.95. The summed E-state index contributed by atoms with van der Waals surface area (Å²) in [5, 5.41) is 4.80. The van der Waals surface area contributed by atoms with Gasteiger partial charge in [0, 0.05) is 24.7 Å². The highest BCUT2D eigenvalue weighted by Crippen LogP contribution is 2.25. The maximum Gasteiger partial charge on any atom is 0.246 e. The molecule has 1 aliphatic heterocycles. The molecule has 0 bridgehead atoms. The number of hydrogen-bond donors (Lipinski definition) is 0. The standard InChI is InChI=1S/C19H21ClFN3O/c1-13-4-3-11-23(12-13)18(25)10-9-17-14(2)22-24(19(17)20)16-7-5-15(21)6-8-16/h5-10,13H,3-4,11-12H2,1-2H3/b10-9+. The van der Waals surface area contributed by atoms with Gasteiger partial charge in [0.15, 0.2) is 0 Å². The Morgan fingerprint density at radius 3 is 2.76 bits per heavy atom. The van der Waals surface area contributed by atoms with Gasteiger partial charge in [0.05, 0.1) is 11.4 Å². The predicted molar refractivity (Wildman–Crippen MR) is 97.3 cm³/mol. The van der Waals surface area contributed by atoms with E-state index in [0.717, 1.165) is 19.5 Å². The molecule has 0 aliphatic carbocycles. The number of carbonyl (C=O) groups is 1. The zero-order valence-electron chi connectivity index (χ0n) is 14.4. The van der Waals surface area contributed by atoms with E-state index in [1.54, 1.807) is 29.0 Å². The van der Waals surface area contributed by atoms with Crippen LogP contribution in [0.3, 0.4) is 0 Å². The van der Waals surface area contributed by atoms with Crippen LogP contribution in [0.4, 0.5) is 4.39 Å². The van der Waals surface area contributed by atoms with Crippen molar-refractivity contribution in [2.75, 3.05) is 13.1 Å². The van der Waals surface area contributed by atoms with Gasteiger partial charge in [-0.3, -0.25) is 4.79 Å². The van der Waals surface area contributed by atoms with Crippen LogP contribution in [-0.4, -0.2) is 33.7 Å². The Balaban J connectivity index is 1.81. The maximum absolute atomic E-state index is 13.1. The van der Waals surface area contributed by atoms with Crippen molar-refractivity contribution in [2.24, 2.45) is 5.92 Å². The number of rotatable bonds is 3. The molecule has 1 aromatic carbocycles. The average Bonchev–Trinajstić information content (AvgIpc) is 2.88. The number of aryl methyl sites for hydroxylation is 1. The highest BCUT2D eigenvalue weighted by atomic mass is 35.5. The third kappa shape index (κ3) is 3.93. The molecule has 1 amide bonds. The number of carbonyl (C=O) groups excluding carboxylic acids is 1. The van der Waals surface area contributed by atoms with Gasteiger partial charge in [0.2, 0.25) is 5.91 Å². The van der Waals surface area contributed by atoms with Crippen molar-refractivity contribution >= 4 is 23.6 Å². The lowest BCUT2D eigenvalue weighted by atomic mass is 10.0. The molecule has 1 aliphatic rings. The molecule has 1 aromatic heterocycles. The molecular weight excluding hydrogens is 341 g/mol. The molecule has 4 nitrogen and oxygen atoms in total. The third-order valence-electron chi connectivity index (χ3n) is 4.48. The zero-order valence-corrected chi connectivity index (χ0v) is 15.1. The maximum atomic E-state index is 13.1. The fourth-order valence-electron chi connectivity index (χ4n) is 3.10. The monoisotopic (exact) mass is 361 g/mol. The fraction of sp³-hybridized carbons (Fsp3) is 0.368. The van der Waals surface area contributed by atoms with Gasteiger partial charge in [-0.1, -0.05) is 18.5 Å². The van der Waals surface area contributed by atoms with E-state index in [1.165, 1.54) is 18.6 Å². The number of piperidine rings is 1. The van der Waals surface area contributed by atoms with Crippen LogP contribution in [0.15, 0.2) is 30.3 Å². The normalized spacial score (nSPS) is 18.1. The Bertz CT molecular complexity index is 798. The quantitative estimate of drug-likeness (QED) is 0.767. The number of likely N-dealkylation sites (tertiary alicyclic amines) is 1. The van der Waals surface area contributed by atoms with E-state index in [9.17, 15) is 9.18 Å². The molecule has 0 saturated carbocycles. The van der Waals surface area contributed by atoms with E-state index >= 15 is 0 Å². The van der Waals surface area contributed by atoms with Crippen LogP contribution in [0.2, 0.25) is 5.15 Å². The van der Waals surface area contributed by atoms with Crippen LogP contribution >= 0.6 is 11.6 Å². The molecule has 0 radical (unpaired) electrons. The van der Waals surface area contributed by atoms with Gasteiger partial charge in [0.1, 0.15) is 11.0 Å². The number of halogens is 2. The Morgan fingerprint density at radius 2 is 2.08 bits per heavy atom. The summed E-state index contributed by atoms with van der Waals surface area (Å²) in [6.45, 7) is 5.59. The average molecular weight is 362 g/mol. The van der Waals surface area contributed by atoms with Crippen LogP contribution in [0.25, 0.3) is 11.8 Å². The summed E-state index contributed by atoms with van der Waals surface area (Å²) in [6.07, 6.45) is 5.49. The molecule has 2 aromatic rings. The van der Waals surface area contributed by atoms with Crippen molar-refractivity contribution in [3.05, 3.63) is 52.6 Å². The van der Waals surface area contributed by atoms with E-state index in [2.05, 4.69) is 12.0 Å². The molecule has 25 heavy (non-hydrogen) atoms. The highest BCUT2D eigenvalue weighted by molar-refractivity contribution is 6.31. The lowest BCUT2D eigenvalue weighted by molar-refractivity contribution is -0.127. The molecule has 132 valence electrons. The molecule has 3 rings (SSSR count). The van der Waals surface area contributed by atoms with E-state index in [1.807, 2.05) is 11.8 Å². The number of amides is 1. The molecule has 6 heteroatoms. The fourth-order valence-corrected chi connectivity index (χ4v) is 3.44. The van der Waals surface area contributed by atoms with Gasteiger partial charge in [0.25, 0.3) is 0 Å². The van der Waals surface area contributed by atoms with Gasteiger partial charge < -0.3 is 4.90 Å². The summed E-state index contributed by atoms with van der Waals surface area (Å²) in [7, 11) is 0. The third-order valence-corrected chi connectivity index (χ3v) is 4.84. The molecule has 1 saturated heterocycles. The second-order valence-corrected chi connectivity index (χ2v) is 6.90. The van der Waals surface area contributed by atoms with Gasteiger partial charge in [-0.15, -0.1) is 0 Å². The van der Waals surface area contributed by atoms with Gasteiger partial charge >= 0.3 is 0 Å². The summed E-state index contributed by atoms with van der Waals surface area (Å²) < 4.78 is 14.6. The predicted octanol–water partition coefficient (Wildman–Crippen LogP) is 4.24. The minimum Gasteiger partial charge on any atom is -0.339 e. The summed E-state index contributed by atoms with van der Waals surface area (Å²) >= 11 is 6.43. The number of benzene rings is 1. The van der Waals surface area contributed by atoms with Crippen LogP contribution in [0.5, 0.6) is 0 Å². The second kappa shape index (κ2) is 7.40. The number of nitrogens with zero attached hydrogens (tertiary/aromatic N) is 3. The number of hydrogen-bond acceptors (Lipinski definition) is 2. The second-order valence-electron chi connectivity index (χ2n) is 6.54. The van der Waals surface area contributed by atoms with E-state index in [4.69, 9.17) is 11.6 Å². The highest BCUT2D eigenvalue weighted by Gasteiger charge is 2.19. The Labute approximate surface area is 151 Å². The SMILES string of the molecule is Cc1nn(-c2ccc(F)cc2)c(Cl)c1/C=C/C(=O)N1CCCC(C)C1. The zero-order chi connectivity index (χ0) is 18.0. The molecule has 1 unspecified atom stereocenters. The first-order chi connectivity index (χ1) is 12.0. The molecule has 1 fully saturated rings. The smallest absolute Gasteiger partial charge is 0.246 e. The van der Waals surface area contributed by atoms with Crippen molar-refractivity contribution in [3.63, 3.8) is 0 Å². The Hall–Kier alpha value is -2.14. The van der Waals surface area contributed by atoms with Crippen LogP contribution in [0.1, 0.15) is 31.0 Å². The number of aromatic nitrogens is 2. The topological polar surface area (TPSA) is 38.1 Å². The summed E-state index contributed by atoms with van der Waals surface area (Å²) in [5.41, 5.74) is 2.08. The summed E-state index contributed by atoms with van der Waals surface area (Å²) in [4.78, 5) is 14.3. The molecule has 0 N–H and O–H groups in total. The largest absolute Gasteiger partial charge is 0.339 e. The van der Waals surface area contributed by atoms with Gasteiger partial charge in [-0.25, -0.2) is 9.07 Å². The molecule has 1 atom stereocenters. The van der Waals surface area contributed by atoms with Crippen LogP contribution in [0, 0.1) is 18.7 Å². The molecule has 2 heterocycles. The van der Waals surface area contributed by atoms with Crippen LogP contribution in [-0.2, 0) is 4.79 Å². The summed E-state index contributed by atoms with van der Waals surface area (Å²) in [5.74, 6) is 0.222.